The van der Waals surface area contributed by atoms with Gasteiger partial charge in [0.25, 0.3) is 10.0 Å². The Kier molecular flexibility index (Phi) is 23.7. The number of para-hydroxylation sites is 1. The average molecular weight is 1280 g/mol. The Hall–Kier alpha value is -7.61. The van der Waals surface area contributed by atoms with Gasteiger partial charge in [-0.3, -0.25) is 33.0 Å². The van der Waals surface area contributed by atoms with Crippen LogP contribution in [-0.4, -0.2) is 155 Å². The molecule has 0 spiro atoms. The molecule has 2 aliphatic rings. The number of carboxylic acid groups (broad SMARTS) is 1. The summed E-state index contributed by atoms with van der Waals surface area (Å²) in [4.78, 5) is 113. The van der Waals surface area contributed by atoms with Gasteiger partial charge in [0.2, 0.25) is 23.6 Å². The number of aromatic nitrogens is 1. The summed E-state index contributed by atoms with van der Waals surface area (Å²) in [7, 11) is -2.76. The third-order valence-electron chi connectivity index (χ3n) is 13.8. The van der Waals surface area contributed by atoms with Crippen molar-refractivity contribution in [3.8, 4) is 0 Å². The number of carbonyl (C=O) groups excluding carboxylic acids is 7. The highest BCUT2D eigenvalue weighted by molar-refractivity contribution is 8.03. The Morgan fingerprint density at radius 3 is 2.10 bits per heavy atom. The maximum absolute atomic E-state index is 15.5. The molecule has 23 nitrogen and oxygen atoms in total. The van der Waals surface area contributed by atoms with Crippen LogP contribution < -0.4 is 26.0 Å². The van der Waals surface area contributed by atoms with E-state index >= 15 is 14.4 Å². The highest BCUT2D eigenvalue weighted by Crippen LogP contribution is 2.42. The zero-order valence-corrected chi connectivity index (χ0v) is 54.1. The summed E-state index contributed by atoms with van der Waals surface area (Å²) in [5, 5.41) is 22.9. The number of aliphatic carboxylic acids is 1. The summed E-state index contributed by atoms with van der Waals surface area (Å²) >= 11 is 8.44. The number of carboxylic acids is 1. The molecular weight excluding hydrogens is 1190 g/mol. The smallest absolute Gasteiger partial charge is 0.419 e. The van der Waals surface area contributed by atoms with Crippen LogP contribution in [0.25, 0.3) is 16.5 Å². The van der Waals surface area contributed by atoms with Gasteiger partial charge in [-0.05, 0) is 141 Å². The van der Waals surface area contributed by atoms with E-state index in [9.17, 15) is 37.5 Å². The van der Waals surface area contributed by atoms with Gasteiger partial charge in [0, 0.05) is 86.9 Å². The van der Waals surface area contributed by atoms with Crippen LogP contribution in [0.5, 0.6) is 0 Å². The molecule has 0 radical (unpaired) electrons. The molecule has 3 atom stereocenters. The highest BCUT2D eigenvalue weighted by Gasteiger charge is 2.36. The van der Waals surface area contributed by atoms with Crippen LogP contribution in [0.1, 0.15) is 124 Å². The van der Waals surface area contributed by atoms with Gasteiger partial charge in [-0.1, -0.05) is 66.4 Å². The minimum atomic E-state index is -4.21. The monoisotopic (exact) mass is 1280 g/mol. The Morgan fingerprint density at radius 1 is 0.795 bits per heavy atom. The van der Waals surface area contributed by atoms with Crippen molar-refractivity contribution in [2.75, 3.05) is 39.8 Å². The first kappa shape index (κ1) is 69.5. The zero-order chi connectivity index (χ0) is 64.9. The van der Waals surface area contributed by atoms with Gasteiger partial charge in [-0.15, -0.1) is 0 Å². The number of fused-ring (bicyclic) bond motifs is 2. The fourth-order valence-electron chi connectivity index (χ4n) is 9.71. The van der Waals surface area contributed by atoms with Crippen molar-refractivity contribution in [1.29, 1.82) is 0 Å². The predicted octanol–water partition coefficient (Wildman–Crippen LogP) is 8.44. The average Bonchev–Trinajstić information content (AvgIpc) is 2.16. The number of ether oxygens (including phenoxy) is 3. The van der Waals surface area contributed by atoms with Crippen LogP contribution in [0, 0.1) is 0 Å². The highest BCUT2D eigenvalue weighted by atomic mass is 35.5. The first-order valence-electron chi connectivity index (χ1n) is 29.0. The van der Waals surface area contributed by atoms with Crippen LogP contribution in [0.15, 0.2) is 105 Å². The number of carbonyl (C=O) groups is 8. The number of halogens is 1. The van der Waals surface area contributed by atoms with E-state index in [1.54, 1.807) is 105 Å². The molecule has 2 aliphatic heterocycles. The first-order chi connectivity index (χ1) is 41.2. The number of hydrogen-bond donors (Lipinski definition) is 6. The number of nitrogens with zero attached hydrogens (tertiary/aromatic N) is 4. The quantitative estimate of drug-likeness (QED) is 0.0328. The van der Waals surface area contributed by atoms with Gasteiger partial charge in [0.15, 0.2) is 0 Å². The van der Waals surface area contributed by atoms with E-state index in [0.29, 0.717) is 61.5 Å². The molecule has 4 aromatic rings. The fraction of sp³-hybridized carbons (Fsp3) is 0.484. The predicted molar refractivity (Wildman–Crippen MR) is 334 cm³/mol. The van der Waals surface area contributed by atoms with Gasteiger partial charge in [0.05, 0.1) is 34.4 Å². The molecule has 3 aromatic carbocycles. The van der Waals surface area contributed by atoms with E-state index in [-0.39, 0.29) is 76.3 Å². The van der Waals surface area contributed by atoms with Crippen LogP contribution >= 0.6 is 23.5 Å². The van der Waals surface area contributed by atoms with Gasteiger partial charge in [-0.2, -0.15) is 0 Å². The molecule has 6 amide bonds. The summed E-state index contributed by atoms with van der Waals surface area (Å²) in [6.45, 7) is 16.6. The molecule has 0 unspecified atom stereocenters. The van der Waals surface area contributed by atoms with E-state index in [4.69, 9.17) is 26.0 Å². The topological polar surface area (TPSA) is 293 Å². The lowest BCUT2D eigenvalue weighted by Crippen LogP contribution is -2.57. The Balaban J connectivity index is 1.49. The summed E-state index contributed by atoms with van der Waals surface area (Å²) in [6.07, 6.45) is 1.74. The number of unbranched alkanes of at least 4 members (excludes halogenated alkanes) is 1. The van der Waals surface area contributed by atoms with Gasteiger partial charge in [-0.25, -0.2) is 27.5 Å². The maximum Gasteiger partial charge on any atom is 0.419 e. The van der Waals surface area contributed by atoms with Crippen LogP contribution in [-0.2, 0) is 61.2 Å². The molecule has 3 heterocycles. The van der Waals surface area contributed by atoms with Crippen LogP contribution in [0.4, 0.5) is 14.4 Å². The molecule has 0 aliphatic carbocycles. The molecule has 6 N–H and O–H groups in total. The lowest BCUT2D eigenvalue weighted by atomic mass is 9.96. The van der Waals surface area contributed by atoms with E-state index < -0.39 is 92.8 Å². The summed E-state index contributed by atoms with van der Waals surface area (Å²) in [6, 6.07) is 16.6. The second kappa shape index (κ2) is 30.1. The molecule has 26 heteroatoms. The minimum absolute atomic E-state index is 0.00312. The molecular formula is C62H82ClN9O14S2. The van der Waals surface area contributed by atoms with E-state index in [1.807, 2.05) is 35.1 Å². The van der Waals surface area contributed by atoms with Crippen LogP contribution in [0.2, 0.25) is 0 Å². The van der Waals surface area contributed by atoms with Crippen molar-refractivity contribution in [2.24, 2.45) is 0 Å². The fourth-order valence-corrected chi connectivity index (χ4v) is 12.1. The Bertz CT molecular complexity index is 3400. The summed E-state index contributed by atoms with van der Waals surface area (Å²) < 4.78 is 47.8. The van der Waals surface area contributed by atoms with Gasteiger partial charge in [0.1, 0.15) is 28.9 Å². The number of benzene rings is 3. The third kappa shape index (κ3) is 20.2. The normalized spacial score (nSPS) is 17.6. The minimum Gasteiger partial charge on any atom is -0.481 e. The molecule has 6 rings (SSSR count). The van der Waals surface area contributed by atoms with E-state index in [2.05, 4.69) is 21.3 Å². The van der Waals surface area contributed by atoms with Gasteiger partial charge < -0.3 is 50.4 Å². The Morgan fingerprint density at radius 2 is 1.44 bits per heavy atom. The van der Waals surface area contributed by atoms with Crippen molar-refractivity contribution >= 4 is 97.9 Å². The standard InChI is InChI=1S/C62H82ClN9O14S2/c1-39(73)68-88(82,83)43-27-25-40(26-28-43)44-29-34-72(63)56-46(44)37-66-54(77)50(35-42-38-71(59(81)86-62(8,9)10)49-23-14-13-20-45(42)49)69(11)55(78)48(21-16-17-31-64-57(79)84-60(2,3)4)67-53(76)47(65-36-41-19-12-15-24-51(41)87-56)22-18-32-70(33-30-52(74)75)58(80)85-61(5,6)7/h12-15,19-20,23-29,38,47-48,50,65H,16-18,21-22,30-37H2,1-11H3,(H,64,79)(H,66,77)(H,67,76)(H,68,73)(H,74,75)/t47-,48-,50-/m0/s1. The van der Waals surface area contributed by atoms with Crippen molar-refractivity contribution in [3.05, 3.63) is 112 Å². The number of rotatable bonds is 17. The van der Waals surface area contributed by atoms with Crippen molar-refractivity contribution < 1.29 is 66.1 Å². The largest absolute Gasteiger partial charge is 0.481 e. The second-order valence-electron chi connectivity index (χ2n) is 24.4. The summed E-state index contributed by atoms with van der Waals surface area (Å²) in [5.74, 6) is -3.79. The zero-order valence-electron chi connectivity index (χ0n) is 51.7. The number of nitrogens with one attached hydrogen (secondary N) is 5. The van der Waals surface area contributed by atoms with E-state index in [0.717, 1.165) is 6.92 Å². The number of thioether (sulfide) groups is 1. The lowest BCUT2D eigenvalue weighted by Gasteiger charge is -2.32. The third-order valence-corrected chi connectivity index (χ3v) is 16.9. The number of hydrogen-bond acceptors (Lipinski definition) is 16. The first-order valence-corrected chi connectivity index (χ1v) is 31.7. The number of amides is 6. The van der Waals surface area contributed by atoms with Crippen molar-refractivity contribution in [3.63, 3.8) is 0 Å². The molecule has 88 heavy (non-hydrogen) atoms. The number of sulfonamides is 1. The SMILES string of the molecule is CC(=O)NS(=O)(=O)c1ccc(C2=CCN(Cl)C3=C2CNC(=O)[C@H](Cc2cn(C(=O)OC(C)(C)C)c4ccccc24)N(C)C(=O)[C@H](CCCCNC(=O)OC(C)(C)C)NC(=O)[C@H](CCCN(CCC(=O)O)C(=O)OC(C)(C)C)NCc2ccccc2S3)cc1. The van der Waals surface area contributed by atoms with Crippen LogP contribution in [0.3, 0.4) is 0 Å². The second-order valence-corrected chi connectivity index (χ2v) is 27.5. The molecule has 1 aromatic heterocycles. The molecule has 0 saturated carbocycles. The number of likely N-dealkylation sites (N-methyl/N-ethyl adjacent to an activating group) is 1. The molecule has 478 valence electrons. The molecule has 0 saturated heterocycles. The molecule has 0 fully saturated rings. The Labute approximate surface area is 523 Å². The number of alkyl carbamates (subject to hydrolysis) is 1. The van der Waals surface area contributed by atoms with Crippen molar-refractivity contribution in [2.45, 2.75) is 165 Å². The lowest BCUT2D eigenvalue weighted by molar-refractivity contribution is -0.142. The summed E-state index contributed by atoms with van der Waals surface area (Å²) in [5.41, 5.74) is 0.796. The van der Waals surface area contributed by atoms with Gasteiger partial charge >= 0.3 is 24.2 Å². The molecule has 0 bridgehead atoms. The van der Waals surface area contributed by atoms with E-state index in [1.165, 1.54) is 49.7 Å². The van der Waals surface area contributed by atoms with Crippen molar-refractivity contribution in [1.82, 2.24) is 44.8 Å². The maximum atomic E-state index is 15.5.